The van der Waals surface area contributed by atoms with Crippen molar-refractivity contribution in [1.82, 2.24) is 25.4 Å². The van der Waals surface area contributed by atoms with Gasteiger partial charge in [0.2, 0.25) is 23.6 Å². The summed E-state index contributed by atoms with van der Waals surface area (Å²) >= 11 is 1.61. The molecule has 4 amide bonds. The van der Waals surface area contributed by atoms with Crippen LogP contribution in [-0.2, 0) is 30.3 Å². The van der Waals surface area contributed by atoms with E-state index in [1.165, 1.54) is 6.08 Å². The highest BCUT2D eigenvalue weighted by molar-refractivity contribution is 7.13. The monoisotopic (exact) mass is 1030 g/mol. The number of para-hydroxylation sites is 1. The van der Waals surface area contributed by atoms with Gasteiger partial charge in [0.25, 0.3) is 0 Å². The minimum atomic E-state index is -0.739. The van der Waals surface area contributed by atoms with E-state index in [1.807, 2.05) is 64.2 Å². The van der Waals surface area contributed by atoms with Crippen molar-refractivity contribution >= 4 is 46.3 Å². The summed E-state index contributed by atoms with van der Waals surface area (Å²) in [5.41, 5.74) is 25.2. The SMILES string of the molecule is Cc1ncsc1-c1ccc([C@H](C)NC(=O)[C@@H]2CCCN2C(=O)[C@@H](NC(=O)CCCCCCCCCCC(=O)N(C)CCCN(C)c2ccc(CCOC(/C=C(\N)c3ccccc3O)=C(N)N)cc2)C(C)(C)C)cc1. The van der Waals surface area contributed by atoms with E-state index < -0.39 is 17.5 Å². The zero-order valence-electron chi connectivity index (χ0n) is 45.0. The highest BCUT2D eigenvalue weighted by Gasteiger charge is 2.42. The molecule has 15 nitrogen and oxygen atoms in total. The maximum atomic E-state index is 14.1. The number of phenols is 1. The Hall–Kier alpha value is -6.55. The summed E-state index contributed by atoms with van der Waals surface area (Å²) in [7, 11) is 3.93. The molecular formula is C58H83N9O6S. The van der Waals surface area contributed by atoms with E-state index in [4.69, 9.17) is 21.9 Å². The predicted molar refractivity (Wildman–Crippen MR) is 298 cm³/mol. The number of ether oxygens (including phenoxy) is 1. The number of aryl methyl sites for hydroxylation is 1. The van der Waals surface area contributed by atoms with E-state index in [9.17, 15) is 24.3 Å². The topological polar surface area (TPSA) is 222 Å². The number of allylic oxidation sites excluding steroid dienone is 1. The van der Waals surface area contributed by atoms with Gasteiger partial charge in [-0.1, -0.05) is 108 Å². The summed E-state index contributed by atoms with van der Waals surface area (Å²) in [5.74, 6) is -0.0391. The van der Waals surface area contributed by atoms with Gasteiger partial charge in [-0.2, -0.15) is 0 Å². The molecule has 0 bridgehead atoms. The number of nitrogens with zero attached hydrogens (tertiary/aromatic N) is 4. The third kappa shape index (κ3) is 17.8. The number of benzene rings is 3. The second-order valence-corrected chi connectivity index (χ2v) is 21.7. The lowest BCUT2D eigenvalue weighted by atomic mass is 9.85. The molecule has 3 aromatic carbocycles. The summed E-state index contributed by atoms with van der Waals surface area (Å²) < 4.78 is 5.85. The van der Waals surface area contributed by atoms with Crippen LogP contribution in [0.1, 0.15) is 140 Å². The average molecular weight is 1030 g/mol. The van der Waals surface area contributed by atoms with Gasteiger partial charge in [-0.25, -0.2) is 4.98 Å². The van der Waals surface area contributed by atoms with Gasteiger partial charge in [0.1, 0.15) is 23.7 Å². The van der Waals surface area contributed by atoms with Gasteiger partial charge < -0.3 is 52.4 Å². The third-order valence-corrected chi connectivity index (χ3v) is 14.8. The normalized spacial score (nSPS) is 14.5. The second-order valence-electron chi connectivity index (χ2n) is 20.8. The number of rotatable bonds is 28. The highest BCUT2D eigenvalue weighted by atomic mass is 32.1. The van der Waals surface area contributed by atoms with Gasteiger partial charge in [0.05, 0.1) is 28.7 Å². The Labute approximate surface area is 444 Å². The lowest BCUT2D eigenvalue weighted by Gasteiger charge is -2.35. The van der Waals surface area contributed by atoms with Crippen LogP contribution in [0.5, 0.6) is 5.75 Å². The summed E-state index contributed by atoms with van der Waals surface area (Å²) in [5, 5.41) is 16.3. The smallest absolute Gasteiger partial charge is 0.246 e. The van der Waals surface area contributed by atoms with Gasteiger partial charge in [0.15, 0.2) is 5.76 Å². The van der Waals surface area contributed by atoms with E-state index >= 15 is 0 Å². The molecule has 0 aliphatic carbocycles. The second kappa shape index (κ2) is 28.8. The Bertz CT molecular complexity index is 2500. The molecule has 0 unspecified atom stereocenters. The number of nitrogens with two attached hydrogens (primary N) is 3. The van der Waals surface area contributed by atoms with Crippen LogP contribution in [0.2, 0.25) is 0 Å². The maximum Gasteiger partial charge on any atom is 0.246 e. The molecule has 1 aromatic heterocycles. The van der Waals surface area contributed by atoms with Crippen molar-refractivity contribution in [2.24, 2.45) is 22.6 Å². The maximum absolute atomic E-state index is 14.1. The van der Waals surface area contributed by atoms with Crippen molar-refractivity contribution in [3.8, 4) is 16.2 Å². The Morgan fingerprint density at radius 1 is 0.865 bits per heavy atom. The molecule has 74 heavy (non-hydrogen) atoms. The van der Waals surface area contributed by atoms with E-state index in [1.54, 1.807) is 40.5 Å². The number of phenolic OH excluding ortho intramolecular Hbond substituents is 1. The number of aromatic nitrogens is 1. The molecule has 2 heterocycles. The number of hydrogen-bond acceptors (Lipinski definition) is 12. The van der Waals surface area contributed by atoms with Crippen molar-refractivity contribution in [1.29, 1.82) is 0 Å². The van der Waals surface area contributed by atoms with Crippen LogP contribution in [0.25, 0.3) is 16.1 Å². The average Bonchev–Trinajstić information content (AvgIpc) is 4.05. The van der Waals surface area contributed by atoms with Crippen molar-refractivity contribution in [2.75, 3.05) is 45.2 Å². The molecule has 3 atom stereocenters. The van der Waals surface area contributed by atoms with Crippen molar-refractivity contribution in [2.45, 2.75) is 143 Å². The molecule has 402 valence electrons. The van der Waals surface area contributed by atoms with Gasteiger partial charge in [-0.05, 0) is 92.3 Å². The molecule has 0 saturated carbocycles. The number of unbranched alkanes of at least 4 members (excludes halogenated alkanes) is 7. The molecule has 1 aliphatic heterocycles. The first kappa shape index (κ1) is 58.3. The summed E-state index contributed by atoms with van der Waals surface area (Å²) in [6.07, 6.45) is 13.1. The summed E-state index contributed by atoms with van der Waals surface area (Å²) in [4.78, 5) is 64.9. The Morgan fingerprint density at radius 3 is 2.14 bits per heavy atom. The van der Waals surface area contributed by atoms with Crippen molar-refractivity contribution < 1.29 is 29.0 Å². The van der Waals surface area contributed by atoms with Crippen LogP contribution in [-0.4, -0.2) is 95.9 Å². The molecule has 4 aromatic rings. The summed E-state index contributed by atoms with van der Waals surface area (Å²) in [6.45, 7) is 12.1. The van der Waals surface area contributed by atoms with Crippen LogP contribution in [0.4, 0.5) is 5.69 Å². The van der Waals surface area contributed by atoms with Crippen molar-refractivity contribution in [3.05, 3.63) is 118 Å². The van der Waals surface area contributed by atoms with E-state index in [0.29, 0.717) is 50.9 Å². The number of anilines is 1. The largest absolute Gasteiger partial charge is 0.507 e. The fourth-order valence-electron chi connectivity index (χ4n) is 9.20. The number of likely N-dealkylation sites (tertiary alicyclic amines) is 1. The van der Waals surface area contributed by atoms with Gasteiger partial charge in [-0.3, -0.25) is 19.2 Å². The van der Waals surface area contributed by atoms with Gasteiger partial charge in [0, 0.05) is 76.0 Å². The zero-order chi connectivity index (χ0) is 53.8. The number of hydrogen-bond donors (Lipinski definition) is 6. The van der Waals surface area contributed by atoms with E-state index in [2.05, 4.69) is 64.0 Å². The number of carbonyl (C=O) groups is 4. The van der Waals surface area contributed by atoms with Gasteiger partial charge >= 0.3 is 0 Å². The lowest BCUT2D eigenvalue weighted by molar-refractivity contribution is -0.144. The molecule has 5 rings (SSSR count). The third-order valence-electron chi connectivity index (χ3n) is 13.8. The quantitative estimate of drug-likeness (QED) is 0.0179. The molecule has 1 aliphatic rings. The minimum Gasteiger partial charge on any atom is -0.507 e. The Kier molecular flexibility index (Phi) is 22.7. The highest BCUT2D eigenvalue weighted by Crippen LogP contribution is 2.30. The first-order valence-corrected chi connectivity index (χ1v) is 27.3. The summed E-state index contributed by atoms with van der Waals surface area (Å²) in [6, 6.07) is 21.6. The lowest BCUT2D eigenvalue weighted by Crippen LogP contribution is -2.57. The first-order valence-electron chi connectivity index (χ1n) is 26.4. The number of amides is 4. The zero-order valence-corrected chi connectivity index (χ0v) is 45.8. The Morgan fingerprint density at radius 2 is 1.51 bits per heavy atom. The first-order chi connectivity index (χ1) is 35.3. The molecule has 9 N–H and O–H groups in total. The number of thiazole rings is 1. The Balaban J connectivity index is 0.900. The molecule has 1 saturated heterocycles. The van der Waals surface area contributed by atoms with Crippen LogP contribution < -0.4 is 32.7 Å². The molecular weight excluding hydrogens is 951 g/mol. The fraction of sp³-hybridized carbons (Fsp3) is 0.500. The van der Waals surface area contributed by atoms with Crippen LogP contribution in [0.3, 0.4) is 0 Å². The fourth-order valence-corrected chi connectivity index (χ4v) is 10.0. The van der Waals surface area contributed by atoms with Crippen LogP contribution >= 0.6 is 11.3 Å². The molecule has 1 fully saturated rings. The van der Waals surface area contributed by atoms with Crippen molar-refractivity contribution in [3.63, 3.8) is 0 Å². The number of carbonyl (C=O) groups excluding carboxylic acids is 4. The number of nitrogens with one attached hydrogen (secondary N) is 2. The molecule has 0 spiro atoms. The number of aromatic hydroxyl groups is 1. The van der Waals surface area contributed by atoms with Crippen LogP contribution in [0.15, 0.2) is 96.0 Å². The molecule has 0 radical (unpaired) electrons. The standard InChI is InChI=1S/C58H83N9O6S/c1-40(43-27-29-44(30-28-43)53-41(2)62-39-74-53)63-56(71)48-21-18-36-67(48)57(72)54(58(3,4)5)64-51(69)23-14-12-10-8-9-11-13-15-24-52(70)66(7)35-19-34-65(6)45-31-25-42(26-32-45)33-37-73-50(55(60)61)38-47(59)46-20-16-17-22-49(46)68/h16-17,20,22,25-32,38-40,48,54,68H,8-15,18-19,21,23-24,33-37,59-61H2,1-7H3,(H,63,71)(H,64,69)/b47-38-/t40-,48-,54+/m0/s1. The van der Waals surface area contributed by atoms with E-state index in [0.717, 1.165) is 104 Å². The van der Waals surface area contributed by atoms with Crippen LogP contribution in [0, 0.1) is 12.3 Å². The molecule has 16 heteroatoms. The minimum absolute atomic E-state index is 0.00193. The predicted octanol–water partition coefficient (Wildman–Crippen LogP) is 9.05. The van der Waals surface area contributed by atoms with E-state index in [-0.39, 0.29) is 52.7 Å². The van der Waals surface area contributed by atoms with Gasteiger partial charge in [-0.15, -0.1) is 11.3 Å².